The lowest BCUT2D eigenvalue weighted by molar-refractivity contribution is 0.0454. The van der Waals surface area contributed by atoms with E-state index in [1.54, 1.807) is 0 Å². The number of hydrogen-bond acceptors (Lipinski definition) is 3. The van der Waals surface area contributed by atoms with Crippen LogP contribution in [0.3, 0.4) is 0 Å². The van der Waals surface area contributed by atoms with Crippen LogP contribution in [-0.2, 0) is 4.74 Å². The average molecular weight is 256 g/mol. The zero-order valence-electron chi connectivity index (χ0n) is 12.4. The number of carbonyl (C=O) groups excluding carboxylic acids is 1. The third kappa shape index (κ3) is 5.25. The molecule has 1 amide bonds. The van der Waals surface area contributed by atoms with Crippen molar-refractivity contribution in [3.63, 3.8) is 0 Å². The van der Waals surface area contributed by atoms with Gasteiger partial charge in [0.25, 0.3) is 0 Å². The van der Waals surface area contributed by atoms with E-state index in [4.69, 9.17) is 4.74 Å². The molecule has 0 unspecified atom stereocenters. The van der Waals surface area contributed by atoms with Gasteiger partial charge < -0.3 is 15.4 Å². The van der Waals surface area contributed by atoms with Gasteiger partial charge in [-0.05, 0) is 33.6 Å². The van der Waals surface area contributed by atoms with Crippen LogP contribution >= 0.6 is 0 Å². The van der Waals surface area contributed by atoms with Crippen LogP contribution in [0.15, 0.2) is 0 Å². The zero-order chi connectivity index (χ0) is 13.8. The van der Waals surface area contributed by atoms with Gasteiger partial charge in [-0.2, -0.15) is 0 Å². The molecule has 106 valence electrons. The molecule has 0 radical (unpaired) electrons. The van der Waals surface area contributed by atoms with Crippen LogP contribution in [0.1, 0.15) is 60.3 Å². The van der Waals surface area contributed by atoms with E-state index in [-0.39, 0.29) is 11.6 Å². The largest absolute Gasteiger partial charge is 0.444 e. The second kappa shape index (κ2) is 5.91. The molecule has 0 heterocycles. The Balaban J connectivity index is 2.54. The molecule has 2 N–H and O–H groups in total. The maximum absolute atomic E-state index is 11.9. The predicted molar refractivity (Wildman–Crippen MR) is 73.7 cm³/mol. The first kappa shape index (κ1) is 15.3. The molecule has 0 aromatic heterocycles. The van der Waals surface area contributed by atoms with Gasteiger partial charge in [0.15, 0.2) is 0 Å². The first-order valence-electron chi connectivity index (χ1n) is 6.97. The molecule has 1 saturated carbocycles. The maximum atomic E-state index is 11.9. The summed E-state index contributed by atoms with van der Waals surface area (Å²) in [5, 5.41) is 6.51. The second-order valence-corrected chi connectivity index (χ2v) is 6.65. The molecule has 1 aliphatic rings. The van der Waals surface area contributed by atoms with Gasteiger partial charge in [-0.3, -0.25) is 0 Å². The molecule has 1 rings (SSSR count). The lowest BCUT2D eigenvalue weighted by Crippen LogP contribution is -2.54. The summed E-state index contributed by atoms with van der Waals surface area (Å²) in [7, 11) is 0. The number of hydrogen-bond donors (Lipinski definition) is 2. The molecule has 0 aromatic rings. The Morgan fingerprint density at radius 3 is 2.28 bits per heavy atom. The highest BCUT2D eigenvalue weighted by molar-refractivity contribution is 5.69. The smallest absolute Gasteiger partial charge is 0.408 e. The van der Waals surface area contributed by atoms with Crippen molar-refractivity contribution in [2.75, 3.05) is 6.54 Å². The van der Waals surface area contributed by atoms with E-state index in [9.17, 15) is 4.79 Å². The van der Waals surface area contributed by atoms with E-state index in [1.165, 1.54) is 12.8 Å². The Kier molecular flexibility index (Phi) is 5.02. The number of carbonyl (C=O) groups is 1. The van der Waals surface area contributed by atoms with Gasteiger partial charge in [-0.1, -0.05) is 26.7 Å². The first-order valence-corrected chi connectivity index (χ1v) is 6.97. The van der Waals surface area contributed by atoms with Crippen molar-refractivity contribution in [2.45, 2.75) is 77.5 Å². The van der Waals surface area contributed by atoms with Crippen molar-refractivity contribution in [3.05, 3.63) is 0 Å². The predicted octanol–water partition coefficient (Wildman–Crippen LogP) is 2.82. The minimum atomic E-state index is -0.435. The molecule has 18 heavy (non-hydrogen) atoms. The molecule has 0 atom stereocenters. The molecule has 4 nitrogen and oxygen atoms in total. The van der Waals surface area contributed by atoms with Crippen molar-refractivity contribution >= 4 is 6.09 Å². The lowest BCUT2D eigenvalue weighted by atomic mass is 9.97. The Morgan fingerprint density at radius 2 is 1.83 bits per heavy atom. The van der Waals surface area contributed by atoms with Crippen LogP contribution in [0.5, 0.6) is 0 Å². The molecule has 0 aromatic carbocycles. The quantitative estimate of drug-likeness (QED) is 0.813. The normalized spacial score (nSPS) is 19.0. The molecule has 1 aliphatic carbocycles. The Bertz CT molecular complexity index is 276. The number of nitrogens with one attached hydrogen (secondary N) is 2. The summed E-state index contributed by atoms with van der Waals surface area (Å²) in [6.07, 6.45) is 4.12. The van der Waals surface area contributed by atoms with Crippen LogP contribution in [0, 0.1) is 0 Å². The van der Waals surface area contributed by atoms with E-state index < -0.39 is 5.60 Å². The third-order valence-electron chi connectivity index (χ3n) is 3.18. The molecule has 0 aliphatic heterocycles. The summed E-state index contributed by atoms with van der Waals surface area (Å²) in [6, 6.07) is 0.433. The minimum absolute atomic E-state index is 0.118. The monoisotopic (exact) mass is 256 g/mol. The Labute approximate surface area is 111 Å². The zero-order valence-corrected chi connectivity index (χ0v) is 12.4. The van der Waals surface area contributed by atoms with Gasteiger partial charge >= 0.3 is 6.09 Å². The molecular weight excluding hydrogens is 228 g/mol. The fourth-order valence-corrected chi connectivity index (χ4v) is 2.32. The average Bonchev–Trinajstić information content (AvgIpc) is 2.61. The maximum Gasteiger partial charge on any atom is 0.408 e. The van der Waals surface area contributed by atoms with E-state index in [2.05, 4.69) is 24.5 Å². The minimum Gasteiger partial charge on any atom is -0.444 e. The van der Waals surface area contributed by atoms with E-state index in [1.807, 2.05) is 20.8 Å². The SMILES string of the molecule is CC(C)NCC1(NC(=O)OC(C)(C)C)CCCC1. The molecule has 1 fully saturated rings. The van der Waals surface area contributed by atoms with Gasteiger partial charge in [0.05, 0.1) is 5.54 Å². The van der Waals surface area contributed by atoms with E-state index in [0.717, 1.165) is 19.4 Å². The number of amides is 1. The van der Waals surface area contributed by atoms with Crippen molar-refractivity contribution in [1.82, 2.24) is 10.6 Å². The first-order chi connectivity index (χ1) is 8.22. The van der Waals surface area contributed by atoms with Crippen LogP contribution < -0.4 is 10.6 Å². The fraction of sp³-hybridized carbons (Fsp3) is 0.929. The number of alkyl carbamates (subject to hydrolysis) is 1. The van der Waals surface area contributed by atoms with Gasteiger partial charge in [-0.25, -0.2) is 4.79 Å². The van der Waals surface area contributed by atoms with Gasteiger partial charge in [0.2, 0.25) is 0 Å². The van der Waals surface area contributed by atoms with Gasteiger partial charge in [0.1, 0.15) is 5.60 Å². The molecule has 0 spiro atoms. The molecular formula is C14H28N2O2. The fourth-order valence-electron chi connectivity index (χ4n) is 2.32. The Hall–Kier alpha value is -0.770. The van der Waals surface area contributed by atoms with Crippen LogP contribution in [-0.4, -0.2) is 29.8 Å². The standard InChI is InChI=1S/C14H28N2O2/c1-11(2)15-10-14(8-6-7-9-14)16-12(17)18-13(3,4)5/h11,15H,6-10H2,1-5H3,(H,16,17). The summed E-state index contributed by atoms with van der Waals surface area (Å²) in [5.41, 5.74) is -0.554. The Morgan fingerprint density at radius 1 is 1.28 bits per heavy atom. The second-order valence-electron chi connectivity index (χ2n) is 6.65. The summed E-state index contributed by atoms with van der Waals surface area (Å²) >= 11 is 0. The number of ether oxygens (including phenoxy) is 1. The third-order valence-corrected chi connectivity index (χ3v) is 3.18. The highest BCUT2D eigenvalue weighted by Crippen LogP contribution is 2.29. The summed E-state index contributed by atoms with van der Waals surface area (Å²) in [6.45, 7) is 10.7. The number of rotatable bonds is 4. The van der Waals surface area contributed by atoms with Crippen molar-refractivity contribution in [2.24, 2.45) is 0 Å². The molecule has 4 heteroatoms. The van der Waals surface area contributed by atoms with Gasteiger partial charge in [-0.15, -0.1) is 0 Å². The summed E-state index contributed by atoms with van der Waals surface area (Å²) < 4.78 is 5.35. The summed E-state index contributed by atoms with van der Waals surface area (Å²) in [5.74, 6) is 0. The summed E-state index contributed by atoms with van der Waals surface area (Å²) in [4.78, 5) is 11.9. The van der Waals surface area contributed by atoms with E-state index in [0.29, 0.717) is 6.04 Å². The van der Waals surface area contributed by atoms with Crippen molar-refractivity contribution in [3.8, 4) is 0 Å². The highest BCUT2D eigenvalue weighted by atomic mass is 16.6. The topological polar surface area (TPSA) is 50.4 Å². The van der Waals surface area contributed by atoms with E-state index >= 15 is 0 Å². The van der Waals surface area contributed by atoms with Crippen molar-refractivity contribution in [1.29, 1.82) is 0 Å². The van der Waals surface area contributed by atoms with Gasteiger partial charge in [0, 0.05) is 12.6 Å². The molecule has 0 bridgehead atoms. The van der Waals surface area contributed by atoms with Crippen molar-refractivity contribution < 1.29 is 9.53 Å². The lowest BCUT2D eigenvalue weighted by Gasteiger charge is -2.32. The van der Waals surface area contributed by atoms with Crippen LogP contribution in [0.2, 0.25) is 0 Å². The van der Waals surface area contributed by atoms with Crippen LogP contribution in [0.25, 0.3) is 0 Å². The van der Waals surface area contributed by atoms with Crippen LogP contribution in [0.4, 0.5) is 4.79 Å². The molecule has 0 saturated heterocycles. The highest BCUT2D eigenvalue weighted by Gasteiger charge is 2.36.